The van der Waals surface area contributed by atoms with Crippen molar-refractivity contribution in [3.8, 4) is 11.3 Å². The lowest BCUT2D eigenvalue weighted by Crippen LogP contribution is -2.38. The number of para-hydroxylation sites is 1. The zero-order valence-corrected chi connectivity index (χ0v) is 17.9. The molecule has 162 valence electrons. The van der Waals surface area contributed by atoms with Crippen molar-refractivity contribution in [3.63, 3.8) is 0 Å². The summed E-state index contributed by atoms with van der Waals surface area (Å²) in [6, 6.07) is 19.8. The molecule has 32 heavy (non-hydrogen) atoms. The number of H-pyrrole nitrogens is 1. The summed E-state index contributed by atoms with van der Waals surface area (Å²) < 4.78 is 6.09. The molecule has 1 aliphatic heterocycles. The summed E-state index contributed by atoms with van der Waals surface area (Å²) in [5, 5.41) is 11.0. The van der Waals surface area contributed by atoms with Crippen molar-refractivity contribution in [1.29, 1.82) is 0 Å². The summed E-state index contributed by atoms with van der Waals surface area (Å²) in [5.74, 6) is -0.122. The number of carbonyl (C=O) groups excluding carboxylic acids is 1. The number of rotatable bonds is 5. The van der Waals surface area contributed by atoms with Gasteiger partial charge in [0.25, 0.3) is 5.91 Å². The first-order valence-corrected chi connectivity index (χ1v) is 10.8. The number of hydrogen-bond acceptors (Lipinski definition) is 5. The summed E-state index contributed by atoms with van der Waals surface area (Å²) in [5.41, 5.74) is 5.51. The summed E-state index contributed by atoms with van der Waals surface area (Å²) in [4.78, 5) is 19.7. The molecule has 3 heterocycles. The maximum atomic E-state index is 12.5. The first-order valence-electron chi connectivity index (χ1n) is 10.8. The lowest BCUT2D eigenvalue weighted by molar-refractivity contribution is -0.0348. The van der Waals surface area contributed by atoms with Gasteiger partial charge in [-0.2, -0.15) is 5.10 Å². The fourth-order valence-corrected chi connectivity index (χ4v) is 4.24. The Kier molecular flexibility index (Phi) is 5.66. The molecule has 1 amide bonds. The van der Waals surface area contributed by atoms with Gasteiger partial charge in [0.1, 0.15) is 6.10 Å². The monoisotopic (exact) mass is 427 g/mol. The van der Waals surface area contributed by atoms with Gasteiger partial charge in [-0.3, -0.25) is 14.8 Å². The molecular formula is C25H25N5O2. The second-order valence-electron chi connectivity index (χ2n) is 7.92. The first-order chi connectivity index (χ1) is 15.7. The molecule has 2 N–H and O–H groups in total. The molecule has 1 saturated heterocycles. The fraction of sp³-hybridized carbons (Fsp3) is 0.240. The van der Waals surface area contributed by atoms with Crippen LogP contribution >= 0.6 is 0 Å². The fourth-order valence-electron chi connectivity index (χ4n) is 4.24. The third-order valence-corrected chi connectivity index (χ3v) is 5.86. The quantitative estimate of drug-likeness (QED) is 0.509. The van der Waals surface area contributed by atoms with Gasteiger partial charge in [-0.1, -0.05) is 48.5 Å². The Balaban J connectivity index is 1.40. The number of morpholine rings is 1. The van der Waals surface area contributed by atoms with Crippen LogP contribution in [-0.4, -0.2) is 52.7 Å². The number of aromatic amines is 1. The number of amides is 1. The third-order valence-electron chi connectivity index (χ3n) is 5.86. The zero-order valence-electron chi connectivity index (χ0n) is 17.9. The van der Waals surface area contributed by atoms with Gasteiger partial charge in [-0.15, -0.1) is 0 Å². The van der Waals surface area contributed by atoms with Gasteiger partial charge in [-0.05, 0) is 17.7 Å². The molecule has 0 saturated carbocycles. The Morgan fingerprint density at radius 3 is 2.84 bits per heavy atom. The van der Waals surface area contributed by atoms with E-state index in [2.05, 4.69) is 32.5 Å². The van der Waals surface area contributed by atoms with Crippen LogP contribution in [0.2, 0.25) is 0 Å². The number of carbonyl (C=O) groups is 1. The number of benzene rings is 2. The van der Waals surface area contributed by atoms with E-state index in [1.807, 2.05) is 54.7 Å². The largest absolute Gasteiger partial charge is 0.369 e. The van der Waals surface area contributed by atoms with Crippen LogP contribution in [0.25, 0.3) is 22.2 Å². The average molecular weight is 428 g/mol. The van der Waals surface area contributed by atoms with E-state index < -0.39 is 0 Å². The van der Waals surface area contributed by atoms with Gasteiger partial charge >= 0.3 is 0 Å². The smallest absolute Gasteiger partial charge is 0.251 e. The van der Waals surface area contributed by atoms with E-state index >= 15 is 0 Å². The van der Waals surface area contributed by atoms with E-state index in [-0.39, 0.29) is 12.0 Å². The molecular weight excluding hydrogens is 402 g/mol. The number of nitrogens with one attached hydrogen (secondary N) is 2. The van der Waals surface area contributed by atoms with Crippen molar-refractivity contribution in [2.45, 2.75) is 12.6 Å². The van der Waals surface area contributed by atoms with Crippen LogP contribution in [0.1, 0.15) is 27.7 Å². The van der Waals surface area contributed by atoms with Gasteiger partial charge in [0.2, 0.25) is 0 Å². The predicted molar refractivity (Wildman–Crippen MR) is 123 cm³/mol. The molecule has 7 heteroatoms. The van der Waals surface area contributed by atoms with E-state index in [1.54, 1.807) is 7.05 Å². The van der Waals surface area contributed by atoms with Crippen molar-refractivity contribution in [1.82, 2.24) is 25.4 Å². The molecule has 0 aliphatic carbocycles. The van der Waals surface area contributed by atoms with Crippen LogP contribution < -0.4 is 5.32 Å². The maximum Gasteiger partial charge on any atom is 0.251 e. The Morgan fingerprint density at radius 1 is 1.19 bits per heavy atom. The maximum absolute atomic E-state index is 12.5. The number of pyridine rings is 1. The third kappa shape index (κ3) is 4.00. The lowest BCUT2D eigenvalue weighted by atomic mass is 10.0. The van der Waals surface area contributed by atoms with Gasteiger partial charge in [-0.25, -0.2) is 4.98 Å². The highest BCUT2D eigenvalue weighted by Gasteiger charge is 2.26. The molecule has 0 unspecified atom stereocenters. The molecule has 0 spiro atoms. The van der Waals surface area contributed by atoms with Crippen molar-refractivity contribution in [3.05, 3.63) is 83.7 Å². The average Bonchev–Trinajstić information content (AvgIpc) is 3.31. The van der Waals surface area contributed by atoms with Crippen LogP contribution in [0.4, 0.5) is 0 Å². The van der Waals surface area contributed by atoms with Crippen LogP contribution in [0.5, 0.6) is 0 Å². The van der Waals surface area contributed by atoms with Crippen molar-refractivity contribution < 1.29 is 9.53 Å². The summed E-state index contributed by atoms with van der Waals surface area (Å²) in [6.07, 6.45) is 1.69. The Morgan fingerprint density at radius 2 is 2.00 bits per heavy atom. The molecule has 1 fully saturated rings. The Labute approximate surface area is 186 Å². The minimum Gasteiger partial charge on any atom is -0.369 e. The molecule has 1 atom stereocenters. The normalized spacial score (nSPS) is 16.8. The van der Waals surface area contributed by atoms with E-state index in [0.29, 0.717) is 18.7 Å². The molecule has 5 rings (SSSR count). The van der Waals surface area contributed by atoms with Gasteiger partial charge < -0.3 is 10.1 Å². The molecule has 7 nitrogen and oxygen atoms in total. The van der Waals surface area contributed by atoms with Gasteiger partial charge in [0.05, 0.1) is 35.3 Å². The second kappa shape index (κ2) is 8.90. The molecule has 2 aromatic heterocycles. The van der Waals surface area contributed by atoms with Crippen molar-refractivity contribution in [2.24, 2.45) is 0 Å². The Hall–Kier alpha value is -3.55. The van der Waals surface area contributed by atoms with Crippen LogP contribution in [0.3, 0.4) is 0 Å². The number of fused-ring (bicyclic) bond motifs is 1. The van der Waals surface area contributed by atoms with Crippen LogP contribution in [-0.2, 0) is 11.3 Å². The predicted octanol–water partition coefficient (Wildman–Crippen LogP) is 3.56. The SMILES string of the molecule is CNC(=O)c1cc([C@@H]2CN(Cc3cn[nH]c3-c3ccccc3)CCO2)nc2ccccc12. The number of aromatic nitrogens is 3. The van der Waals surface area contributed by atoms with Crippen LogP contribution in [0, 0.1) is 0 Å². The van der Waals surface area contributed by atoms with E-state index in [4.69, 9.17) is 9.72 Å². The molecule has 4 aromatic rings. The minimum atomic E-state index is -0.205. The van der Waals surface area contributed by atoms with Crippen molar-refractivity contribution >= 4 is 16.8 Å². The van der Waals surface area contributed by atoms with E-state index in [1.165, 1.54) is 0 Å². The molecule has 0 bridgehead atoms. The topological polar surface area (TPSA) is 83.1 Å². The highest BCUT2D eigenvalue weighted by molar-refractivity contribution is 6.06. The second-order valence-corrected chi connectivity index (χ2v) is 7.92. The van der Waals surface area contributed by atoms with Crippen LogP contribution in [0.15, 0.2) is 66.9 Å². The number of nitrogens with zero attached hydrogens (tertiary/aromatic N) is 3. The zero-order chi connectivity index (χ0) is 21.9. The van der Waals surface area contributed by atoms with Gasteiger partial charge in [0, 0.05) is 37.6 Å². The highest BCUT2D eigenvalue weighted by atomic mass is 16.5. The summed E-state index contributed by atoms with van der Waals surface area (Å²) >= 11 is 0. The molecule has 2 aromatic carbocycles. The standard InChI is InChI=1S/C25H25N5O2/c1-26-25(31)20-13-22(28-21-10-6-5-9-19(20)21)23-16-30(11-12-32-23)15-18-14-27-29-24(18)17-7-3-2-4-8-17/h2-10,13-14,23H,11-12,15-16H2,1H3,(H,26,31)(H,27,29)/t23-/m0/s1. The Bertz CT molecular complexity index is 1240. The molecule has 0 radical (unpaired) electrons. The number of hydrogen-bond donors (Lipinski definition) is 2. The van der Waals surface area contributed by atoms with Crippen molar-refractivity contribution in [2.75, 3.05) is 26.7 Å². The lowest BCUT2D eigenvalue weighted by Gasteiger charge is -2.32. The van der Waals surface area contributed by atoms with E-state index in [9.17, 15) is 4.79 Å². The molecule has 1 aliphatic rings. The van der Waals surface area contributed by atoms with E-state index in [0.717, 1.165) is 46.5 Å². The van der Waals surface area contributed by atoms with Gasteiger partial charge in [0.15, 0.2) is 0 Å². The summed E-state index contributed by atoms with van der Waals surface area (Å²) in [6.45, 7) is 2.88. The number of ether oxygens (including phenoxy) is 1. The summed E-state index contributed by atoms with van der Waals surface area (Å²) in [7, 11) is 1.64. The highest BCUT2D eigenvalue weighted by Crippen LogP contribution is 2.28. The first kappa shape index (κ1) is 20.4. The minimum absolute atomic E-state index is 0.122.